The summed E-state index contributed by atoms with van der Waals surface area (Å²) in [7, 11) is 0. The molecule has 2 aliphatic heterocycles. The molecule has 0 bridgehead atoms. The average molecular weight is 407 g/mol. The number of carbonyl (C=O) groups is 2. The summed E-state index contributed by atoms with van der Waals surface area (Å²) in [5, 5.41) is 4.08. The number of amides is 2. The number of nitrogens with one attached hydrogen (secondary N) is 1. The summed E-state index contributed by atoms with van der Waals surface area (Å²) in [4.78, 5) is 34.5. The molecule has 0 saturated carbocycles. The number of likely N-dealkylation sites (N-methyl/N-ethyl adjacent to an activating group) is 1. The molecule has 1 atom stereocenters. The van der Waals surface area contributed by atoms with Gasteiger partial charge >= 0.3 is 0 Å². The zero-order valence-electron chi connectivity index (χ0n) is 17.5. The van der Waals surface area contributed by atoms with Crippen LogP contribution in [0.3, 0.4) is 0 Å². The van der Waals surface area contributed by atoms with Crippen LogP contribution in [0.25, 0.3) is 0 Å². The van der Waals surface area contributed by atoms with E-state index in [1.807, 2.05) is 18.7 Å². The standard InChI is InChI=1S/C21H34N4O2S/c1-4-24-11-5-6-18(24)14-22-19(26)8-7-17-9-12-25(13-10-17)21(27)20-15(2)23-16(3)28-20/h17-18H,4-14H2,1-3H3,(H,22,26)/t18-/m1/s1. The van der Waals surface area contributed by atoms with Gasteiger partial charge in [0.2, 0.25) is 5.91 Å². The van der Waals surface area contributed by atoms with Crippen molar-refractivity contribution in [1.29, 1.82) is 0 Å². The lowest BCUT2D eigenvalue weighted by Crippen LogP contribution is -2.40. The van der Waals surface area contributed by atoms with E-state index in [0.717, 1.165) is 67.6 Å². The number of nitrogens with zero attached hydrogens (tertiary/aromatic N) is 3. The Morgan fingerprint density at radius 1 is 1.18 bits per heavy atom. The van der Waals surface area contributed by atoms with Gasteiger partial charge in [0.1, 0.15) is 4.88 Å². The van der Waals surface area contributed by atoms with Crippen molar-refractivity contribution < 1.29 is 9.59 Å². The van der Waals surface area contributed by atoms with Crippen molar-refractivity contribution in [3.05, 3.63) is 15.6 Å². The minimum atomic E-state index is 0.122. The van der Waals surface area contributed by atoms with Gasteiger partial charge < -0.3 is 10.2 Å². The lowest BCUT2D eigenvalue weighted by Gasteiger charge is -2.31. The quantitative estimate of drug-likeness (QED) is 0.756. The average Bonchev–Trinajstić information content (AvgIpc) is 3.29. The highest BCUT2D eigenvalue weighted by molar-refractivity contribution is 7.13. The third-order valence-corrected chi connectivity index (χ3v) is 7.28. The molecule has 2 fully saturated rings. The molecule has 0 aromatic carbocycles. The lowest BCUT2D eigenvalue weighted by atomic mass is 9.92. The van der Waals surface area contributed by atoms with Crippen LogP contribution in [-0.4, -0.2) is 65.4 Å². The fraction of sp³-hybridized carbons (Fsp3) is 0.762. The molecule has 2 saturated heterocycles. The molecule has 3 heterocycles. The summed E-state index contributed by atoms with van der Waals surface area (Å²) in [6.45, 7) is 10.6. The van der Waals surface area contributed by atoms with Gasteiger partial charge in [-0.15, -0.1) is 11.3 Å². The van der Waals surface area contributed by atoms with Gasteiger partial charge in [-0.2, -0.15) is 0 Å². The summed E-state index contributed by atoms with van der Waals surface area (Å²) in [5.74, 6) is 0.839. The molecule has 0 spiro atoms. The van der Waals surface area contributed by atoms with Crippen molar-refractivity contribution in [2.75, 3.05) is 32.7 Å². The zero-order chi connectivity index (χ0) is 20.1. The normalized spacial score (nSPS) is 21.2. The minimum Gasteiger partial charge on any atom is -0.355 e. The highest BCUT2D eigenvalue weighted by Crippen LogP contribution is 2.25. The van der Waals surface area contributed by atoms with Crippen molar-refractivity contribution in [1.82, 2.24) is 20.1 Å². The maximum Gasteiger partial charge on any atom is 0.265 e. The van der Waals surface area contributed by atoms with Gasteiger partial charge in [-0.1, -0.05) is 6.92 Å². The highest BCUT2D eigenvalue weighted by atomic mass is 32.1. The fourth-order valence-corrected chi connectivity index (χ4v) is 5.38. The maximum absolute atomic E-state index is 12.7. The fourth-order valence-electron chi connectivity index (χ4n) is 4.50. The van der Waals surface area contributed by atoms with E-state index in [1.165, 1.54) is 24.2 Å². The van der Waals surface area contributed by atoms with E-state index in [4.69, 9.17) is 0 Å². The SMILES string of the molecule is CCN1CCC[C@@H]1CNC(=O)CCC1CCN(C(=O)c2sc(C)nc2C)CC1. The van der Waals surface area contributed by atoms with Gasteiger partial charge in [-0.25, -0.2) is 4.98 Å². The van der Waals surface area contributed by atoms with Crippen LogP contribution >= 0.6 is 11.3 Å². The van der Waals surface area contributed by atoms with Crippen LogP contribution in [0, 0.1) is 19.8 Å². The summed E-state index contributed by atoms with van der Waals surface area (Å²) in [5.41, 5.74) is 0.843. The minimum absolute atomic E-state index is 0.122. The number of likely N-dealkylation sites (tertiary alicyclic amines) is 2. The van der Waals surface area contributed by atoms with Crippen molar-refractivity contribution in [3.63, 3.8) is 0 Å². The largest absolute Gasteiger partial charge is 0.355 e. The summed E-state index contributed by atoms with van der Waals surface area (Å²) >= 11 is 1.49. The van der Waals surface area contributed by atoms with Crippen LogP contribution in [-0.2, 0) is 4.79 Å². The predicted molar refractivity (Wildman–Crippen MR) is 113 cm³/mol. The van der Waals surface area contributed by atoms with Crippen molar-refractivity contribution in [3.8, 4) is 0 Å². The topological polar surface area (TPSA) is 65.5 Å². The maximum atomic E-state index is 12.7. The van der Waals surface area contributed by atoms with Crippen molar-refractivity contribution >= 4 is 23.2 Å². The van der Waals surface area contributed by atoms with E-state index in [-0.39, 0.29) is 11.8 Å². The Kier molecular flexibility index (Phi) is 7.46. The van der Waals surface area contributed by atoms with Crippen LogP contribution in [0.5, 0.6) is 0 Å². The predicted octanol–water partition coefficient (Wildman–Crippen LogP) is 2.99. The van der Waals surface area contributed by atoms with Gasteiger partial charge in [-0.05, 0) is 65.0 Å². The highest BCUT2D eigenvalue weighted by Gasteiger charge is 2.27. The molecular weight excluding hydrogens is 372 g/mol. The molecule has 0 unspecified atom stereocenters. The van der Waals surface area contributed by atoms with E-state index in [1.54, 1.807) is 0 Å². The number of rotatable bonds is 7. The molecule has 156 valence electrons. The molecule has 28 heavy (non-hydrogen) atoms. The second-order valence-corrected chi connectivity index (χ2v) is 9.35. The van der Waals surface area contributed by atoms with E-state index >= 15 is 0 Å². The van der Waals surface area contributed by atoms with Crippen LogP contribution in [0.15, 0.2) is 0 Å². The Bertz CT molecular complexity index is 682. The van der Waals surface area contributed by atoms with Gasteiger partial charge in [0.15, 0.2) is 0 Å². The molecular formula is C21H34N4O2S. The monoisotopic (exact) mass is 406 g/mol. The third-order valence-electron chi connectivity index (χ3n) is 6.22. The lowest BCUT2D eigenvalue weighted by molar-refractivity contribution is -0.121. The van der Waals surface area contributed by atoms with Crippen molar-refractivity contribution in [2.24, 2.45) is 5.92 Å². The number of carbonyl (C=O) groups excluding carboxylic acids is 2. The first kappa shape index (κ1) is 21.2. The Hall–Kier alpha value is -1.47. The van der Waals surface area contributed by atoms with Crippen LogP contribution in [0.4, 0.5) is 0 Å². The summed E-state index contributed by atoms with van der Waals surface area (Å²) < 4.78 is 0. The Morgan fingerprint density at radius 3 is 2.57 bits per heavy atom. The molecule has 6 nitrogen and oxygen atoms in total. The Labute approximate surface area is 172 Å². The Balaban J connectivity index is 1.35. The first-order valence-electron chi connectivity index (χ1n) is 10.7. The van der Waals surface area contributed by atoms with Crippen LogP contribution in [0.1, 0.15) is 65.8 Å². The van der Waals surface area contributed by atoms with E-state index in [2.05, 4.69) is 22.1 Å². The number of hydrogen-bond donors (Lipinski definition) is 1. The molecule has 1 aromatic rings. The van der Waals surface area contributed by atoms with Gasteiger partial charge in [0.05, 0.1) is 10.7 Å². The van der Waals surface area contributed by atoms with E-state index in [9.17, 15) is 9.59 Å². The smallest absolute Gasteiger partial charge is 0.265 e. The number of thiazole rings is 1. The first-order valence-corrected chi connectivity index (χ1v) is 11.5. The first-order chi connectivity index (χ1) is 13.5. The molecule has 2 aliphatic rings. The van der Waals surface area contributed by atoms with Gasteiger partial charge in [0, 0.05) is 32.1 Å². The molecule has 2 amide bonds. The van der Waals surface area contributed by atoms with E-state index in [0.29, 0.717) is 18.4 Å². The number of hydrogen-bond acceptors (Lipinski definition) is 5. The number of aryl methyl sites for hydroxylation is 2. The van der Waals surface area contributed by atoms with Crippen LogP contribution < -0.4 is 5.32 Å². The molecule has 7 heteroatoms. The molecule has 1 aromatic heterocycles. The summed E-state index contributed by atoms with van der Waals surface area (Å²) in [6.07, 6.45) is 5.94. The number of aromatic nitrogens is 1. The van der Waals surface area contributed by atoms with E-state index < -0.39 is 0 Å². The molecule has 0 radical (unpaired) electrons. The zero-order valence-corrected chi connectivity index (χ0v) is 18.3. The van der Waals surface area contributed by atoms with Gasteiger partial charge in [-0.3, -0.25) is 14.5 Å². The molecule has 1 N–H and O–H groups in total. The molecule has 0 aliphatic carbocycles. The number of piperidine rings is 1. The Morgan fingerprint density at radius 2 is 1.93 bits per heavy atom. The summed E-state index contributed by atoms with van der Waals surface area (Å²) in [6, 6.07) is 0.516. The third kappa shape index (κ3) is 5.32. The molecule has 3 rings (SSSR count). The van der Waals surface area contributed by atoms with Crippen molar-refractivity contribution in [2.45, 2.75) is 65.3 Å². The van der Waals surface area contributed by atoms with Gasteiger partial charge in [0.25, 0.3) is 5.91 Å². The second kappa shape index (κ2) is 9.83. The van der Waals surface area contributed by atoms with Crippen LogP contribution in [0.2, 0.25) is 0 Å². The second-order valence-electron chi connectivity index (χ2n) is 8.15.